The zero-order chi connectivity index (χ0) is 14.1. The highest BCUT2D eigenvalue weighted by molar-refractivity contribution is 5.93. The van der Waals surface area contributed by atoms with E-state index in [-0.39, 0.29) is 6.54 Å². The molecule has 0 saturated carbocycles. The summed E-state index contributed by atoms with van der Waals surface area (Å²) in [7, 11) is 3.06. The highest BCUT2D eigenvalue weighted by atomic mass is 16.5. The average molecular weight is 270 g/mol. The summed E-state index contributed by atoms with van der Waals surface area (Å²) < 4.78 is 6.26. The molecule has 1 heterocycles. The van der Waals surface area contributed by atoms with E-state index in [1.165, 1.54) is 11.7 Å². The Morgan fingerprint density at radius 2 is 2.26 bits per heavy atom. The Morgan fingerprint density at radius 1 is 1.47 bits per heavy atom. The van der Waals surface area contributed by atoms with Crippen LogP contribution in [0.1, 0.15) is 5.69 Å². The molecule has 0 aliphatic heterocycles. The lowest BCUT2D eigenvalue weighted by molar-refractivity contribution is -0.120. The number of urea groups is 1. The molecule has 0 bridgehead atoms. The van der Waals surface area contributed by atoms with Gasteiger partial charge in [0.1, 0.15) is 6.54 Å². The molecule has 3 N–H and O–H groups in total. The van der Waals surface area contributed by atoms with Crippen LogP contribution in [0.15, 0.2) is 6.20 Å². The lowest BCUT2D eigenvalue weighted by Crippen LogP contribution is -2.39. The molecule has 0 spiro atoms. The minimum atomic E-state index is -0.549. The summed E-state index contributed by atoms with van der Waals surface area (Å²) in [6.07, 6.45) is 1.64. The number of methoxy groups -OCH3 is 1. The van der Waals surface area contributed by atoms with Crippen molar-refractivity contribution in [3.63, 3.8) is 0 Å². The number of carbonyl (C=O) groups excluding carboxylic acids is 2. The molecule has 0 unspecified atom stereocenters. The van der Waals surface area contributed by atoms with Gasteiger partial charge in [-0.2, -0.15) is 0 Å². The van der Waals surface area contributed by atoms with Crippen molar-refractivity contribution in [2.45, 2.75) is 13.1 Å². The fraction of sp³-hybridized carbons (Fsp3) is 0.600. The molecular formula is C10H18N6O3. The normalized spacial score (nSPS) is 10.2. The molecule has 9 heteroatoms. The van der Waals surface area contributed by atoms with Crippen LogP contribution in [0.5, 0.6) is 0 Å². The van der Waals surface area contributed by atoms with E-state index in [0.717, 1.165) is 0 Å². The molecule has 1 rings (SSSR count). The van der Waals surface area contributed by atoms with Crippen LogP contribution in [0, 0.1) is 0 Å². The molecule has 0 saturated heterocycles. The first-order valence-corrected chi connectivity index (χ1v) is 5.76. The van der Waals surface area contributed by atoms with Crippen LogP contribution < -0.4 is 16.0 Å². The van der Waals surface area contributed by atoms with Crippen molar-refractivity contribution in [1.29, 1.82) is 0 Å². The molecule has 0 aromatic carbocycles. The quantitative estimate of drug-likeness (QED) is 0.518. The zero-order valence-corrected chi connectivity index (χ0v) is 11.0. The topological polar surface area (TPSA) is 110 Å². The van der Waals surface area contributed by atoms with Crippen LogP contribution in [0.25, 0.3) is 0 Å². The van der Waals surface area contributed by atoms with Gasteiger partial charge in [0.15, 0.2) is 0 Å². The van der Waals surface area contributed by atoms with Crippen LogP contribution in [0.4, 0.5) is 4.79 Å². The summed E-state index contributed by atoms with van der Waals surface area (Å²) in [6, 6.07) is -0.549. The van der Waals surface area contributed by atoms with Gasteiger partial charge in [-0.15, -0.1) is 5.10 Å². The Labute approximate surface area is 110 Å². The molecular weight excluding hydrogens is 252 g/mol. The van der Waals surface area contributed by atoms with Crippen molar-refractivity contribution in [2.24, 2.45) is 0 Å². The molecule has 0 atom stereocenters. The maximum absolute atomic E-state index is 11.4. The lowest BCUT2D eigenvalue weighted by atomic mass is 10.4. The monoisotopic (exact) mass is 270 g/mol. The average Bonchev–Trinajstić information content (AvgIpc) is 2.82. The molecule has 106 valence electrons. The van der Waals surface area contributed by atoms with Crippen LogP contribution in [-0.2, 0) is 22.6 Å². The predicted octanol–water partition coefficient (Wildman–Crippen LogP) is -1.53. The summed E-state index contributed by atoms with van der Waals surface area (Å²) in [5.41, 5.74) is 0.712. The molecule has 0 fully saturated rings. The summed E-state index contributed by atoms with van der Waals surface area (Å²) >= 11 is 0. The van der Waals surface area contributed by atoms with Crippen molar-refractivity contribution in [3.05, 3.63) is 11.9 Å². The van der Waals surface area contributed by atoms with Gasteiger partial charge in [-0.25, -0.2) is 9.48 Å². The lowest BCUT2D eigenvalue weighted by Gasteiger charge is -2.02. The fourth-order valence-electron chi connectivity index (χ4n) is 1.26. The third-order valence-corrected chi connectivity index (χ3v) is 2.16. The van der Waals surface area contributed by atoms with Gasteiger partial charge in [0.25, 0.3) is 0 Å². The van der Waals surface area contributed by atoms with E-state index < -0.39 is 11.9 Å². The van der Waals surface area contributed by atoms with Crippen molar-refractivity contribution < 1.29 is 14.3 Å². The molecule has 9 nitrogen and oxygen atoms in total. The Balaban J connectivity index is 2.33. The maximum Gasteiger partial charge on any atom is 0.321 e. The third kappa shape index (κ3) is 5.93. The number of nitrogens with one attached hydrogen (secondary N) is 3. The van der Waals surface area contributed by atoms with E-state index in [4.69, 9.17) is 4.74 Å². The second-order valence-electron chi connectivity index (χ2n) is 3.70. The van der Waals surface area contributed by atoms with Gasteiger partial charge < -0.3 is 15.4 Å². The first kappa shape index (κ1) is 15.1. The second-order valence-corrected chi connectivity index (χ2v) is 3.70. The highest BCUT2D eigenvalue weighted by Crippen LogP contribution is 1.92. The number of carbonyl (C=O) groups is 2. The zero-order valence-electron chi connectivity index (χ0n) is 11.0. The van der Waals surface area contributed by atoms with Crippen molar-refractivity contribution in [1.82, 2.24) is 30.9 Å². The highest BCUT2D eigenvalue weighted by Gasteiger charge is 2.08. The van der Waals surface area contributed by atoms with Crippen LogP contribution >= 0.6 is 0 Å². The van der Waals surface area contributed by atoms with Gasteiger partial charge in [0, 0.05) is 27.2 Å². The minimum Gasteiger partial charge on any atom is -0.383 e. The van der Waals surface area contributed by atoms with Crippen LogP contribution in [-0.4, -0.2) is 54.2 Å². The smallest absolute Gasteiger partial charge is 0.321 e. The SMILES string of the molecule is CNC(=O)NC(=O)Cn1cc(CNCCOC)nn1. The summed E-state index contributed by atoms with van der Waals surface area (Å²) in [5, 5.41) is 15.2. The number of ether oxygens (including phenoxy) is 1. The minimum absolute atomic E-state index is 0.0571. The van der Waals surface area contributed by atoms with Crippen LogP contribution in [0.2, 0.25) is 0 Å². The number of nitrogens with zero attached hydrogens (tertiary/aromatic N) is 3. The van der Waals surface area contributed by atoms with Gasteiger partial charge >= 0.3 is 6.03 Å². The Bertz CT molecular complexity index is 419. The number of hydrogen-bond acceptors (Lipinski definition) is 6. The van der Waals surface area contributed by atoms with Gasteiger partial charge in [-0.1, -0.05) is 5.21 Å². The molecule has 0 aliphatic rings. The molecule has 1 aromatic rings. The number of aromatic nitrogens is 3. The molecule has 19 heavy (non-hydrogen) atoms. The van der Waals surface area contributed by atoms with Crippen LogP contribution in [0.3, 0.4) is 0 Å². The summed E-state index contributed by atoms with van der Waals surface area (Å²) in [4.78, 5) is 22.3. The maximum atomic E-state index is 11.4. The molecule has 1 aromatic heterocycles. The van der Waals surface area contributed by atoms with Crippen molar-refractivity contribution >= 4 is 11.9 Å². The van der Waals surface area contributed by atoms with E-state index in [1.54, 1.807) is 13.3 Å². The summed E-state index contributed by atoms with van der Waals surface area (Å²) in [5.74, 6) is -0.455. The first-order chi connectivity index (χ1) is 9.15. The van der Waals surface area contributed by atoms with E-state index >= 15 is 0 Å². The van der Waals surface area contributed by atoms with Gasteiger partial charge in [-0.05, 0) is 0 Å². The van der Waals surface area contributed by atoms with Gasteiger partial charge in [-0.3, -0.25) is 10.1 Å². The van der Waals surface area contributed by atoms with E-state index in [0.29, 0.717) is 25.4 Å². The second kappa shape index (κ2) is 8.16. The fourth-order valence-corrected chi connectivity index (χ4v) is 1.26. The van der Waals surface area contributed by atoms with E-state index in [9.17, 15) is 9.59 Å². The number of rotatable bonds is 7. The standard InChI is InChI=1S/C10H18N6O3/c1-11-10(18)13-9(17)7-16-6-8(14-15-16)5-12-3-4-19-2/h6,12H,3-5,7H2,1-2H3,(H2,11,13,17,18). The predicted molar refractivity (Wildman–Crippen MR) is 66.2 cm³/mol. The third-order valence-electron chi connectivity index (χ3n) is 2.16. The summed E-state index contributed by atoms with van der Waals surface area (Å²) in [6.45, 7) is 1.81. The van der Waals surface area contributed by atoms with Crippen molar-refractivity contribution in [3.8, 4) is 0 Å². The van der Waals surface area contributed by atoms with Crippen molar-refractivity contribution in [2.75, 3.05) is 27.3 Å². The number of hydrogen-bond donors (Lipinski definition) is 3. The van der Waals surface area contributed by atoms with E-state index in [2.05, 4.69) is 26.3 Å². The number of imide groups is 1. The Hall–Kier alpha value is -2.00. The molecule has 0 radical (unpaired) electrons. The largest absolute Gasteiger partial charge is 0.383 e. The van der Waals surface area contributed by atoms with Gasteiger partial charge in [0.05, 0.1) is 18.5 Å². The molecule has 3 amide bonds. The van der Waals surface area contributed by atoms with E-state index in [1.807, 2.05) is 0 Å². The molecule has 0 aliphatic carbocycles. The Morgan fingerprint density at radius 3 is 2.95 bits per heavy atom. The first-order valence-electron chi connectivity index (χ1n) is 5.76. The van der Waals surface area contributed by atoms with Gasteiger partial charge in [0.2, 0.25) is 5.91 Å². The number of amides is 3. The Kier molecular flexibility index (Phi) is 6.47.